The third-order valence-corrected chi connectivity index (χ3v) is 6.31. The first-order valence-corrected chi connectivity index (χ1v) is 11.2. The lowest BCUT2D eigenvalue weighted by molar-refractivity contribution is 0.0455. The molecule has 2 aromatic heterocycles. The van der Waals surface area contributed by atoms with Crippen LogP contribution in [0.4, 0.5) is 0 Å². The minimum absolute atomic E-state index is 0.100. The van der Waals surface area contributed by atoms with Crippen molar-refractivity contribution in [3.05, 3.63) is 81.0 Å². The van der Waals surface area contributed by atoms with Crippen molar-refractivity contribution < 1.29 is 14.1 Å². The van der Waals surface area contributed by atoms with E-state index >= 15 is 0 Å². The molecule has 0 aliphatic heterocycles. The summed E-state index contributed by atoms with van der Waals surface area (Å²) in [6.07, 6.45) is 0. The summed E-state index contributed by atoms with van der Waals surface area (Å²) < 4.78 is 10.6. The van der Waals surface area contributed by atoms with E-state index in [0.29, 0.717) is 21.9 Å². The average molecular weight is 458 g/mol. The lowest BCUT2D eigenvalue weighted by Crippen LogP contribution is -2.07. The predicted octanol–water partition coefficient (Wildman–Crippen LogP) is 5.80. The van der Waals surface area contributed by atoms with Crippen LogP contribution in [0.25, 0.3) is 11.5 Å². The number of thiazole rings is 1. The number of carbonyl (C=O) groups is 1. The third kappa shape index (κ3) is 4.89. The molecule has 0 unspecified atom stereocenters. The number of rotatable bonds is 7. The van der Waals surface area contributed by atoms with Crippen LogP contribution < -0.4 is 0 Å². The molecule has 9 heteroatoms. The van der Waals surface area contributed by atoms with E-state index in [0.717, 1.165) is 15.6 Å². The van der Waals surface area contributed by atoms with Crippen molar-refractivity contribution in [3.8, 4) is 11.5 Å². The summed E-state index contributed by atoms with van der Waals surface area (Å²) in [7, 11) is 0. The molecule has 0 N–H and O–H groups in total. The van der Waals surface area contributed by atoms with Gasteiger partial charge in [-0.1, -0.05) is 41.0 Å². The van der Waals surface area contributed by atoms with Gasteiger partial charge in [0.15, 0.2) is 6.61 Å². The van der Waals surface area contributed by atoms with Crippen LogP contribution in [-0.4, -0.2) is 21.1 Å². The van der Waals surface area contributed by atoms with Crippen LogP contribution in [-0.2, 0) is 17.1 Å². The summed E-state index contributed by atoms with van der Waals surface area (Å²) in [5.74, 6) is 0.778. The van der Waals surface area contributed by atoms with Gasteiger partial charge in [0, 0.05) is 16.0 Å². The maximum absolute atomic E-state index is 12.6. The van der Waals surface area contributed by atoms with Gasteiger partial charge in [0.25, 0.3) is 5.89 Å². The molecule has 2 aromatic carbocycles. The minimum Gasteiger partial charge on any atom is -0.454 e. The fraction of sp³-hybridized carbons (Fsp3) is 0.143. The molecule has 0 spiro atoms. The van der Waals surface area contributed by atoms with Crippen molar-refractivity contribution in [2.75, 3.05) is 0 Å². The van der Waals surface area contributed by atoms with Gasteiger partial charge in [0.2, 0.25) is 5.82 Å². The topological polar surface area (TPSA) is 78.1 Å². The fourth-order valence-corrected chi connectivity index (χ4v) is 4.52. The number of hydrogen-bond acceptors (Lipinski definition) is 8. The highest BCUT2D eigenvalue weighted by Crippen LogP contribution is 2.28. The van der Waals surface area contributed by atoms with E-state index in [1.807, 2.05) is 36.6 Å². The zero-order valence-electron chi connectivity index (χ0n) is 15.9. The van der Waals surface area contributed by atoms with Gasteiger partial charge in [-0.05, 0) is 31.2 Å². The molecule has 4 aromatic rings. The number of nitrogens with zero attached hydrogens (tertiary/aromatic N) is 3. The maximum Gasteiger partial charge on any atom is 0.339 e. The average Bonchev–Trinajstić information content (AvgIpc) is 3.40. The lowest BCUT2D eigenvalue weighted by atomic mass is 10.2. The molecule has 0 fully saturated rings. The molecule has 0 atom stereocenters. The summed E-state index contributed by atoms with van der Waals surface area (Å²) in [6.45, 7) is 1.87. The SMILES string of the molecule is Cc1nc(CSc2ccccc2C(=O)OCc2noc(-c3ccccc3Cl)n2)cs1. The first kappa shape index (κ1) is 20.6. The van der Waals surface area contributed by atoms with Crippen molar-refractivity contribution in [2.24, 2.45) is 0 Å². The van der Waals surface area contributed by atoms with Gasteiger partial charge >= 0.3 is 5.97 Å². The Bertz CT molecular complexity index is 1180. The van der Waals surface area contributed by atoms with Gasteiger partial charge in [-0.25, -0.2) is 9.78 Å². The number of carbonyl (C=O) groups excluding carboxylic acids is 1. The number of halogens is 1. The maximum atomic E-state index is 12.6. The van der Waals surface area contributed by atoms with Gasteiger partial charge in [-0.15, -0.1) is 23.1 Å². The Morgan fingerprint density at radius 2 is 1.97 bits per heavy atom. The summed E-state index contributed by atoms with van der Waals surface area (Å²) >= 11 is 9.30. The first-order chi connectivity index (χ1) is 14.6. The van der Waals surface area contributed by atoms with E-state index in [-0.39, 0.29) is 18.3 Å². The molecule has 0 saturated carbocycles. The molecule has 4 rings (SSSR count). The molecule has 0 radical (unpaired) electrons. The largest absolute Gasteiger partial charge is 0.454 e. The van der Waals surface area contributed by atoms with Gasteiger partial charge in [-0.2, -0.15) is 4.98 Å². The van der Waals surface area contributed by atoms with Crippen LogP contribution in [0.5, 0.6) is 0 Å². The number of thioether (sulfide) groups is 1. The lowest BCUT2D eigenvalue weighted by Gasteiger charge is -2.07. The Morgan fingerprint density at radius 1 is 1.17 bits per heavy atom. The number of aromatic nitrogens is 3. The smallest absolute Gasteiger partial charge is 0.339 e. The quantitative estimate of drug-likeness (QED) is 0.256. The highest BCUT2D eigenvalue weighted by Gasteiger charge is 2.16. The monoisotopic (exact) mass is 457 g/mol. The van der Waals surface area contributed by atoms with Crippen LogP contribution in [0.15, 0.2) is 63.3 Å². The summed E-state index contributed by atoms with van der Waals surface area (Å²) in [5.41, 5.74) is 2.11. The summed E-state index contributed by atoms with van der Waals surface area (Å²) in [6, 6.07) is 14.5. The van der Waals surface area contributed by atoms with E-state index in [1.54, 1.807) is 47.4 Å². The van der Waals surface area contributed by atoms with E-state index < -0.39 is 5.97 Å². The van der Waals surface area contributed by atoms with Crippen LogP contribution >= 0.6 is 34.7 Å². The van der Waals surface area contributed by atoms with Gasteiger partial charge in [0.1, 0.15) is 0 Å². The Balaban J connectivity index is 1.40. The van der Waals surface area contributed by atoms with E-state index in [4.69, 9.17) is 20.9 Å². The Labute approximate surface area is 186 Å². The predicted molar refractivity (Wildman–Crippen MR) is 117 cm³/mol. The molecule has 0 aliphatic rings. The van der Waals surface area contributed by atoms with E-state index in [2.05, 4.69) is 15.1 Å². The van der Waals surface area contributed by atoms with Crippen LogP contribution in [0, 0.1) is 6.92 Å². The molecule has 0 amide bonds. The standard InChI is InChI=1S/C21H16ClN3O3S2/c1-13-23-14(11-29-13)12-30-18-9-5-3-7-16(18)21(26)27-10-19-24-20(28-25-19)15-6-2-4-8-17(15)22/h2-9,11H,10,12H2,1H3. The molecule has 0 saturated heterocycles. The van der Waals surface area contributed by atoms with Crippen molar-refractivity contribution in [3.63, 3.8) is 0 Å². The van der Waals surface area contributed by atoms with Crippen molar-refractivity contribution in [2.45, 2.75) is 24.2 Å². The number of ether oxygens (including phenoxy) is 1. The highest BCUT2D eigenvalue weighted by molar-refractivity contribution is 7.98. The number of hydrogen-bond donors (Lipinski definition) is 0. The van der Waals surface area contributed by atoms with Crippen LogP contribution in [0.1, 0.15) is 26.9 Å². The third-order valence-electron chi connectivity index (χ3n) is 4.05. The fourth-order valence-electron chi connectivity index (χ4n) is 2.65. The number of aryl methyl sites for hydroxylation is 1. The van der Waals surface area contributed by atoms with Gasteiger partial charge in [0.05, 0.1) is 26.9 Å². The number of benzene rings is 2. The highest BCUT2D eigenvalue weighted by atomic mass is 35.5. The zero-order chi connectivity index (χ0) is 20.9. The summed E-state index contributed by atoms with van der Waals surface area (Å²) in [4.78, 5) is 22.2. The zero-order valence-corrected chi connectivity index (χ0v) is 18.3. The molecule has 6 nitrogen and oxygen atoms in total. The van der Waals surface area contributed by atoms with Crippen LogP contribution in [0.3, 0.4) is 0 Å². The van der Waals surface area contributed by atoms with Crippen molar-refractivity contribution in [1.29, 1.82) is 0 Å². The Kier molecular flexibility index (Phi) is 6.47. The molecular formula is C21H16ClN3O3S2. The Hall–Kier alpha value is -2.68. The van der Waals surface area contributed by atoms with Crippen molar-refractivity contribution >= 4 is 40.7 Å². The minimum atomic E-state index is -0.448. The Morgan fingerprint density at radius 3 is 2.77 bits per heavy atom. The molecule has 0 bridgehead atoms. The number of esters is 1. The van der Waals surface area contributed by atoms with E-state index in [9.17, 15) is 4.79 Å². The van der Waals surface area contributed by atoms with Crippen LogP contribution in [0.2, 0.25) is 5.02 Å². The molecule has 2 heterocycles. The molecule has 0 aliphatic carbocycles. The van der Waals surface area contributed by atoms with Crippen molar-refractivity contribution in [1.82, 2.24) is 15.1 Å². The second-order valence-corrected chi connectivity index (χ2v) is 8.70. The molecular weight excluding hydrogens is 442 g/mol. The molecule has 30 heavy (non-hydrogen) atoms. The van der Waals surface area contributed by atoms with E-state index in [1.165, 1.54) is 0 Å². The second-order valence-electron chi connectivity index (χ2n) is 6.21. The van der Waals surface area contributed by atoms with Gasteiger partial charge < -0.3 is 9.26 Å². The normalized spacial score (nSPS) is 10.9. The second kappa shape index (κ2) is 9.42. The summed E-state index contributed by atoms with van der Waals surface area (Å²) in [5, 5.41) is 7.42. The van der Waals surface area contributed by atoms with Gasteiger partial charge in [-0.3, -0.25) is 0 Å². The first-order valence-electron chi connectivity index (χ1n) is 8.97. The molecule has 152 valence electrons.